The van der Waals surface area contributed by atoms with Crippen molar-refractivity contribution in [1.29, 1.82) is 0 Å². The number of fused-ring (bicyclic) bond motifs is 1. The topological polar surface area (TPSA) is 141 Å². The van der Waals surface area contributed by atoms with Crippen LogP contribution in [0.2, 0.25) is 0 Å². The number of unbranched alkanes of at least 4 members (excludes halogenated alkanes) is 1. The number of hydrogen-bond donors (Lipinski definition) is 3. The summed E-state index contributed by atoms with van der Waals surface area (Å²) in [5.41, 5.74) is 7.54. The lowest BCUT2D eigenvalue weighted by Crippen LogP contribution is -2.39. The van der Waals surface area contributed by atoms with Crippen LogP contribution in [0.4, 0.5) is 5.82 Å². The fraction of sp³-hybridized carbons (Fsp3) is 0.478. The summed E-state index contributed by atoms with van der Waals surface area (Å²) in [6.45, 7) is 7.67. The summed E-state index contributed by atoms with van der Waals surface area (Å²) in [6.07, 6.45) is 1.88. The second-order valence-corrected chi connectivity index (χ2v) is 8.17. The van der Waals surface area contributed by atoms with Crippen molar-refractivity contribution in [3.05, 3.63) is 35.4 Å². The van der Waals surface area contributed by atoms with Gasteiger partial charge in [0.05, 0.1) is 26.4 Å². The molecule has 4 rings (SSSR count). The molecule has 3 heterocycles. The molecule has 0 aliphatic carbocycles. The zero-order chi connectivity index (χ0) is 23.9. The number of nitrogens with zero attached hydrogens (tertiary/aromatic N) is 5. The van der Waals surface area contributed by atoms with Crippen molar-refractivity contribution in [2.75, 3.05) is 51.3 Å². The van der Waals surface area contributed by atoms with E-state index in [0.29, 0.717) is 42.2 Å². The molecule has 4 N–H and O–H groups in total. The molecular weight excluding hydrogens is 438 g/mol. The first-order valence-corrected chi connectivity index (χ1v) is 11.6. The van der Waals surface area contributed by atoms with E-state index in [1.165, 1.54) is 0 Å². The van der Waals surface area contributed by atoms with Crippen molar-refractivity contribution >= 4 is 22.9 Å². The van der Waals surface area contributed by atoms with Gasteiger partial charge in [-0.2, -0.15) is 15.0 Å². The van der Waals surface area contributed by atoms with Gasteiger partial charge in [0.2, 0.25) is 5.91 Å². The van der Waals surface area contributed by atoms with E-state index in [1.807, 2.05) is 0 Å². The average molecular weight is 470 g/mol. The number of nitrogens with two attached hydrogens (primary N) is 1. The van der Waals surface area contributed by atoms with E-state index >= 15 is 0 Å². The summed E-state index contributed by atoms with van der Waals surface area (Å²) >= 11 is 0. The van der Waals surface area contributed by atoms with E-state index in [2.05, 4.69) is 32.1 Å². The lowest BCUT2D eigenvalue weighted by Gasteiger charge is -2.26. The van der Waals surface area contributed by atoms with E-state index < -0.39 is 5.91 Å². The molecular formula is C23H31N7O4. The van der Waals surface area contributed by atoms with E-state index in [1.54, 1.807) is 28.8 Å². The molecule has 1 aromatic carbocycles. The molecule has 11 heteroatoms. The van der Waals surface area contributed by atoms with Crippen LogP contribution in [0.5, 0.6) is 12.0 Å². The third-order valence-corrected chi connectivity index (χ3v) is 5.69. The van der Waals surface area contributed by atoms with Crippen molar-refractivity contribution in [1.82, 2.24) is 24.4 Å². The number of benzene rings is 1. The standard InChI is InChI=1S/C23H31N7O4/c1-2-3-12-34-22-27-20(25-8-9-29-10-13-33-14-11-29)18-21(28-22)30(23(32)26-18)15-16-4-6-17(7-5-16)19(24)31/h4-7H,2-3,8-15H2,1H3,(H2,24,31)(H,26,32)(H,25,27,28). The Labute approximate surface area is 197 Å². The Morgan fingerprint density at radius 3 is 2.68 bits per heavy atom. The van der Waals surface area contributed by atoms with Gasteiger partial charge < -0.3 is 25.6 Å². The molecule has 0 saturated carbocycles. The summed E-state index contributed by atoms with van der Waals surface area (Å²) < 4.78 is 12.8. The molecule has 0 spiro atoms. The van der Waals surface area contributed by atoms with Gasteiger partial charge in [-0.25, -0.2) is 0 Å². The van der Waals surface area contributed by atoms with Gasteiger partial charge in [-0.3, -0.25) is 14.3 Å². The molecule has 2 aromatic heterocycles. The molecule has 0 unspecified atom stereocenters. The van der Waals surface area contributed by atoms with Crippen LogP contribution in [0.1, 0.15) is 35.7 Å². The molecule has 1 aliphatic heterocycles. The Hall–Kier alpha value is -3.44. The Morgan fingerprint density at radius 1 is 1.21 bits per heavy atom. The number of anilines is 1. The van der Waals surface area contributed by atoms with Gasteiger partial charge in [-0.15, -0.1) is 0 Å². The van der Waals surface area contributed by atoms with Gasteiger partial charge in [0.25, 0.3) is 6.01 Å². The molecule has 1 amide bonds. The third kappa shape index (κ3) is 5.72. The number of rotatable bonds is 11. The highest BCUT2D eigenvalue weighted by Crippen LogP contribution is 2.27. The van der Waals surface area contributed by atoms with Crippen molar-refractivity contribution in [3.63, 3.8) is 0 Å². The predicted octanol–water partition coefficient (Wildman–Crippen LogP) is 1.60. The van der Waals surface area contributed by atoms with Crippen LogP contribution in [-0.2, 0) is 11.3 Å². The minimum atomic E-state index is -0.489. The second-order valence-electron chi connectivity index (χ2n) is 8.17. The molecule has 1 aliphatic rings. The summed E-state index contributed by atoms with van der Waals surface area (Å²) in [6, 6.07) is 6.94. The Balaban J connectivity index is 1.59. The van der Waals surface area contributed by atoms with Crippen LogP contribution in [0, 0.1) is 0 Å². The van der Waals surface area contributed by atoms with E-state index in [9.17, 15) is 9.90 Å². The van der Waals surface area contributed by atoms with Crippen molar-refractivity contribution < 1.29 is 19.4 Å². The van der Waals surface area contributed by atoms with Gasteiger partial charge in [-0.05, 0) is 24.1 Å². The van der Waals surface area contributed by atoms with E-state index in [-0.39, 0.29) is 12.0 Å². The predicted molar refractivity (Wildman–Crippen MR) is 127 cm³/mol. The van der Waals surface area contributed by atoms with Gasteiger partial charge in [-0.1, -0.05) is 25.5 Å². The number of carbonyl (C=O) groups is 1. The van der Waals surface area contributed by atoms with Gasteiger partial charge in [0, 0.05) is 31.7 Å². The smallest absolute Gasteiger partial charge is 0.320 e. The number of hydrogen-bond acceptors (Lipinski definition) is 9. The number of ether oxygens (including phenoxy) is 2. The molecule has 11 nitrogen and oxygen atoms in total. The van der Waals surface area contributed by atoms with Gasteiger partial charge in [0.15, 0.2) is 17.0 Å². The minimum Gasteiger partial charge on any atom is -0.480 e. The monoisotopic (exact) mass is 469 g/mol. The number of morpholine rings is 1. The first-order valence-electron chi connectivity index (χ1n) is 11.6. The highest BCUT2D eigenvalue weighted by atomic mass is 16.5. The molecule has 34 heavy (non-hydrogen) atoms. The Morgan fingerprint density at radius 2 is 1.97 bits per heavy atom. The fourth-order valence-corrected chi connectivity index (χ4v) is 3.72. The van der Waals surface area contributed by atoms with Crippen LogP contribution < -0.4 is 15.8 Å². The van der Waals surface area contributed by atoms with Crippen LogP contribution in [-0.4, -0.2) is 81.4 Å². The summed E-state index contributed by atoms with van der Waals surface area (Å²) in [5, 5.41) is 14.0. The summed E-state index contributed by atoms with van der Waals surface area (Å²) in [5.74, 6) is 0.0276. The van der Waals surface area contributed by atoms with Crippen LogP contribution >= 0.6 is 0 Å². The number of imidazole rings is 1. The lowest BCUT2D eigenvalue weighted by molar-refractivity contribution is 0.0398. The lowest BCUT2D eigenvalue weighted by atomic mass is 10.1. The number of primary amides is 1. The molecule has 0 atom stereocenters. The van der Waals surface area contributed by atoms with Gasteiger partial charge >= 0.3 is 6.01 Å². The van der Waals surface area contributed by atoms with Crippen molar-refractivity contribution in [2.45, 2.75) is 26.3 Å². The number of nitrogens with one attached hydrogen (secondary N) is 1. The first kappa shape index (κ1) is 23.7. The zero-order valence-corrected chi connectivity index (χ0v) is 19.4. The Kier molecular flexibility index (Phi) is 7.76. The molecule has 0 bridgehead atoms. The Bertz CT molecular complexity index is 1110. The maximum Gasteiger partial charge on any atom is 0.320 e. The molecule has 182 valence electrons. The van der Waals surface area contributed by atoms with Crippen LogP contribution in [0.15, 0.2) is 24.3 Å². The highest BCUT2D eigenvalue weighted by Gasteiger charge is 2.19. The third-order valence-electron chi connectivity index (χ3n) is 5.69. The minimum absolute atomic E-state index is 0.176. The SMILES string of the molecule is CCCCOc1nc(NCCN2CCOCC2)c2nc(O)n(Cc3ccc(C(N)=O)cc3)c2n1. The quantitative estimate of drug-likeness (QED) is 0.357. The number of aromatic nitrogens is 4. The van der Waals surface area contributed by atoms with Gasteiger partial charge in [0.1, 0.15) is 0 Å². The zero-order valence-electron chi connectivity index (χ0n) is 19.4. The summed E-state index contributed by atoms with van der Waals surface area (Å²) in [7, 11) is 0. The van der Waals surface area contributed by atoms with Crippen LogP contribution in [0.3, 0.4) is 0 Å². The largest absolute Gasteiger partial charge is 0.480 e. The average Bonchev–Trinajstić information content (AvgIpc) is 3.15. The molecule has 1 fully saturated rings. The van der Waals surface area contributed by atoms with Crippen molar-refractivity contribution in [3.8, 4) is 12.0 Å². The highest BCUT2D eigenvalue weighted by molar-refractivity contribution is 5.92. The van der Waals surface area contributed by atoms with E-state index in [0.717, 1.165) is 51.3 Å². The number of aromatic hydroxyl groups is 1. The maximum absolute atomic E-state index is 11.3. The van der Waals surface area contributed by atoms with E-state index in [4.69, 9.17) is 15.2 Å². The molecule has 1 saturated heterocycles. The summed E-state index contributed by atoms with van der Waals surface area (Å²) in [4.78, 5) is 27.0. The number of amides is 1. The first-order chi connectivity index (χ1) is 16.5. The molecule has 0 radical (unpaired) electrons. The fourth-order valence-electron chi connectivity index (χ4n) is 3.72. The van der Waals surface area contributed by atoms with Crippen molar-refractivity contribution in [2.24, 2.45) is 5.73 Å². The normalized spacial score (nSPS) is 14.4. The maximum atomic E-state index is 11.3. The number of carbonyl (C=O) groups excluding carboxylic acids is 1. The van der Waals surface area contributed by atoms with Crippen LogP contribution in [0.25, 0.3) is 11.2 Å². The second kappa shape index (κ2) is 11.1. The molecule has 3 aromatic rings.